The molecule has 1 atom stereocenters. The third-order valence-electron chi connectivity index (χ3n) is 8.52. The van der Waals surface area contributed by atoms with Crippen molar-refractivity contribution in [1.82, 2.24) is 9.80 Å². The zero-order chi connectivity index (χ0) is 26.9. The SMILES string of the molecule is CCCCCCCCCCCCCCCCN1C=CN(CCCCCCCCCC)C1Cc1ccccc1. The van der Waals surface area contributed by atoms with Crippen LogP contribution in [0.2, 0.25) is 0 Å². The molecule has 0 N–H and O–H groups in total. The molecule has 1 heterocycles. The van der Waals surface area contributed by atoms with Crippen LogP contribution in [0.4, 0.5) is 0 Å². The van der Waals surface area contributed by atoms with E-state index in [2.05, 4.69) is 66.4 Å². The highest BCUT2D eigenvalue weighted by Crippen LogP contribution is 2.22. The molecule has 0 aromatic heterocycles. The summed E-state index contributed by atoms with van der Waals surface area (Å²) in [7, 11) is 0. The molecule has 0 radical (unpaired) electrons. The maximum Gasteiger partial charge on any atom is 0.105 e. The molecular formula is C36H64N2. The highest BCUT2D eigenvalue weighted by molar-refractivity contribution is 5.17. The van der Waals surface area contributed by atoms with Crippen molar-refractivity contribution in [2.75, 3.05) is 13.1 Å². The molecule has 2 nitrogen and oxygen atoms in total. The van der Waals surface area contributed by atoms with Gasteiger partial charge in [0.25, 0.3) is 0 Å². The number of nitrogens with zero attached hydrogens (tertiary/aromatic N) is 2. The van der Waals surface area contributed by atoms with Crippen LogP contribution in [0, 0.1) is 0 Å². The highest BCUT2D eigenvalue weighted by Gasteiger charge is 2.25. The molecule has 38 heavy (non-hydrogen) atoms. The van der Waals surface area contributed by atoms with Gasteiger partial charge in [0.15, 0.2) is 0 Å². The van der Waals surface area contributed by atoms with Gasteiger partial charge >= 0.3 is 0 Å². The normalized spacial score (nSPS) is 15.2. The molecule has 1 aromatic rings. The lowest BCUT2D eigenvalue weighted by Crippen LogP contribution is -2.41. The molecule has 1 unspecified atom stereocenters. The Bertz CT molecular complexity index is 655. The lowest BCUT2D eigenvalue weighted by Gasteiger charge is -2.33. The number of hydrogen-bond acceptors (Lipinski definition) is 2. The topological polar surface area (TPSA) is 6.48 Å². The van der Waals surface area contributed by atoms with Gasteiger partial charge in [0, 0.05) is 31.9 Å². The number of benzene rings is 1. The van der Waals surface area contributed by atoms with Crippen LogP contribution in [0.25, 0.3) is 0 Å². The van der Waals surface area contributed by atoms with Gasteiger partial charge < -0.3 is 9.80 Å². The Balaban J connectivity index is 1.57. The van der Waals surface area contributed by atoms with E-state index in [1.807, 2.05) is 0 Å². The fourth-order valence-corrected chi connectivity index (χ4v) is 5.98. The molecule has 0 fully saturated rings. The number of hydrogen-bond donors (Lipinski definition) is 0. The zero-order valence-corrected chi connectivity index (χ0v) is 25.7. The summed E-state index contributed by atoms with van der Waals surface area (Å²) in [5.74, 6) is 0. The average molecular weight is 525 g/mol. The van der Waals surface area contributed by atoms with E-state index in [0.29, 0.717) is 6.17 Å². The van der Waals surface area contributed by atoms with Crippen molar-refractivity contribution in [1.29, 1.82) is 0 Å². The molecule has 2 rings (SSSR count). The van der Waals surface area contributed by atoms with Crippen molar-refractivity contribution in [3.8, 4) is 0 Å². The summed E-state index contributed by atoms with van der Waals surface area (Å²) in [5, 5.41) is 0. The van der Waals surface area contributed by atoms with Gasteiger partial charge in [-0.05, 0) is 18.4 Å². The molecule has 0 aliphatic carbocycles. The van der Waals surface area contributed by atoms with Crippen LogP contribution in [-0.2, 0) is 6.42 Å². The molecule has 0 saturated heterocycles. The molecular weight excluding hydrogens is 460 g/mol. The fourth-order valence-electron chi connectivity index (χ4n) is 5.98. The third-order valence-corrected chi connectivity index (χ3v) is 8.52. The molecule has 0 saturated carbocycles. The van der Waals surface area contributed by atoms with Gasteiger partial charge in [0.1, 0.15) is 6.17 Å². The summed E-state index contributed by atoms with van der Waals surface area (Å²) in [5.41, 5.74) is 1.47. The van der Waals surface area contributed by atoms with Crippen LogP contribution < -0.4 is 0 Å². The van der Waals surface area contributed by atoms with Crippen LogP contribution in [0.1, 0.15) is 161 Å². The summed E-state index contributed by atoms with van der Waals surface area (Å²) in [6.07, 6.45) is 37.6. The molecule has 218 valence electrons. The van der Waals surface area contributed by atoms with Crippen LogP contribution in [-0.4, -0.2) is 29.1 Å². The Morgan fingerprint density at radius 2 is 0.789 bits per heavy atom. The molecule has 0 spiro atoms. The van der Waals surface area contributed by atoms with Crippen LogP contribution in [0.5, 0.6) is 0 Å². The van der Waals surface area contributed by atoms with E-state index in [1.54, 1.807) is 0 Å². The quantitative estimate of drug-likeness (QED) is 0.111. The predicted octanol–water partition coefficient (Wildman–Crippen LogP) is 11.3. The second kappa shape index (κ2) is 23.4. The first kappa shape index (κ1) is 32.8. The van der Waals surface area contributed by atoms with Crippen molar-refractivity contribution < 1.29 is 0 Å². The maximum atomic E-state index is 2.64. The van der Waals surface area contributed by atoms with E-state index in [4.69, 9.17) is 0 Å². The van der Waals surface area contributed by atoms with E-state index in [-0.39, 0.29) is 0 Å². The van der Waals surface area contributed by atoms with Gasteiger partial charge in [0.05, 0.1) is 0 Å². The first-order valence-corrected chi connectivity index (χ1v) is 17.1. The van der Waals surface area contributed by atoms with Crippen molar-refractivity contribution in [3.63, 3.8) is 0 Å². The minimum absolute atomic E-state index is 0.504. The second-order valence-electron chi connectivity index (χ2n) is 12.0. The Kier molecular flexibility index (Phi) is 20.2. The predicted molar refractivity (Wildman–Crippen MR) is 169 cm³/mol. The summed E-state index contributed by atoms with van der Waals surface area (Å²) < 4.78 is 0. The van der Waals surface area contributed by atoms with E-state index < -0.39 is 0 Å². The molecule has 2 heteroatoms. The summed E-state index contributed by atoms with van der Waals surface area (Å²) in [6, 6.07) is 11.1. The van der Waals surface area contributed by atoms with Crippen molar-refractivity contribution in [3.05, 3.63) is 48.3 Å². The van der Waals surface area contributed by atoms with E-state index in [0.717, 1.165) is 6.42 Å². The van der Waals surface area contributed by atoms with Crippen LogP contribution in [0.3, 0.4) is 0 Å². The number of unbranched alkanes of at least 4 members (excludes halogenated alkanes) is 20. The maximum absolute atomic E-state index is 2.64. The summed E-state index contributed by atoms with van der Waals surface area (Å²) in [4.78, 5) is 5.27. The monoisotopic (exact) mass is 525 g/mol. The van der Waals surface area contributed by atoms with Crippen molar-refractivity contribution in [2.24, 2.45) is 0 Å². The molecule has 1 aliphatic rings. The Hall–Kier alpha value is -1.44. The Morgan fingerprint density at radius 3 is 1.16 bits per heavy atom. The molecule has 1 aliphatic heterocycles. The largest absolute Gasteiger partial charge is 0.356 e. The van der Waals surface area contributed by atoms with Gasteiger partial charge in [-0.15, -0.1) is 0 Å². The number of rotatable bonds is 26. The summed E-state index contributed by atoms with van der Waals surface area (Å²) in [6.45, 7) is 7.02. The van der Waals surface area contributed by atoms with Crippen LogP contribution >= 0.6 is 0 Å². The third kappa shape index (κ3) is 15.8. The van der Waals surface area contributed by atoms with Gasteiger partial charge in [-0.1, -0.05) is 173 Å². The van der Waals surface area contributed by atoms with Gasteiger partial charge in [-0.3, -0.25) is 0 Å². The van der Waals surface area contributed by atoms with E-state index in [9.17, 15) is 0 Å². The highest BCUT2D eigenvalue weighted by atomic mass is 15.4. The molecule has 0 amide bonds. The van der Waals surface area contributed by atoms with Gasteiger partial charge in [-0.25, -0.2) is 0 Å². The van der Waals surface area contributed by atoms with Crippen molar-refractivity contribution in [2.45, 2.75) is 168 Å². The Morgan fingerprint density at radius 1 is 0.447 bits per heavy atom. The van der Waals surface area contributed by atoms with Crippen molar-refractivity contribution >= 4 is 0 Å². The first-order valence-electron chi connectivity index (χ1n) is 17.1. The van der Waals surface area contributed by atoms with E-state index >= 15 is 0 Å². The molecule has 1 aromatic carbocycles. The summed E-state index contributed by atoms with van der Waals surface area (Å²) >= 11 is 0. The van der Waals surface area contributed by atoms with E-state index in [1.165, 1.54) is 160 Å². The Labute approximate surface area is 238 Å². The zero-order valence-electron chi connectivity index (χ0n) is 25.7. The lowest BCUT2D eigenvalue weighted by molar-refractivity contribution is 0.148. The minimum Gasteiger partial charge on any atom is -0.356 e. The second-order valence-corrected chi connectivity index (χ2v) is 12.0. The molecule has 0 bridgehead atoms. The first-order chi connectivity index (χ1) is 18.8. The fraction of sp³-hybridized carbons (Fsp3) is 0.778. The lowest BCUT2D eigenvalue weighted by atomic mass is 10.0. The minimum atomic E-state index is 0.504. The standard InChI is InChI=1S/C36H64N2/c1-3-5-7-9-11-13-14-15-16-17-18-20-22-27-31-38-33-32-37(30-26-21-19-12-10-8-6-4-2)36(38)34-35-28-24-23-25-29-35/h23-25,28-29,32-33,36H,3-22,26-27,30-31,34H2,1-2H3. The van der Waals surface area contributed by atoms with Gasteiger partial charge in [0.2, 0.25) is 0 Å². The van der Waals surface area contributed by atoms with Crippen LogP contribution in [0.15, 0.2) is 42.7 Å². The average Bonchev–Trinajstić information content (AvgIpc) is 3.31. The van der Waals surface area contributed by atoms with Gasteiger partial charge in [-0.2, -0.15) is 0 Å². The smallest absolute Gasteiger partial charge is 0.105 e.